The van der Waals surface area contributed by atoms with Gasteiger partial charge in [0.2, 0.25) is 5.91 Å². The zero-order chi connectivity index (χ0) is 21.9. The van der Waals surface area contributed by atoms with Gasteiger partial charge in [-0.1, -0.05) is 6.07 Å². The Bertz CT molecular complexity index is 1000. The number of rotatable bonds is 6. The molecule has 1 atom stereocenters. The molecule has 0 bridgehead atoms. The molecule has 11 heteroatoms. The monoisotopic (exact) mass is 437 g/mol. The lowest BCUT2D eigenvalue weighted by Crippen LogP contribution is -2.43. The van der Waals surface area contributed by atoms with Crippen LogP contribution in [0.5, 0.6) is 5.75 Å². The fraction of sp³-hybridized carbons (Fsp3) is 0.474. The summed E-state index contributed by atoms with van der Waals surface area (Å²) in [5.41, 5.74) is 1.05. The minimum atomic E-state index is -3.18. The summed E-state index contributed by atoms with van der Waals surface area (Å²) in [6.07, 6.45) is 0.586. The minimum absolute atomic E-state index is 0.0124. The van der Waals surface area contributed by atoms with Crippen LogP contribution >= 0.6 is 0 Å². The number of carbonyl (C=O) groups is 3. The zero-order valence-electron chi connectivity index (χ0n) is 16.7. The molecule has 10 nitrogen and oxygen atoms in total. The van der Waals surface area contributed by atoms with Gasteiger partial charge in [0.25, 0.3) is 5.91 Å². The molecule has 0 radical (unpaired) electrons. The van der Waals surface area contributed by atoms with Crippen molar-refractivity contribution in [3.63, 3.8) is 0 Å². The van der Waals surface area contributed by atoms with Crippen molar-refractivity contribution in [2.45, 2.75) is 31.8 Å². The maximum Gasteiger partial charge on any atom is 0.341 e. The number of sulfone groups is 1. The molecule has 1 aromatic rings. The van der Waals surface area contributed by atoms with Crippen molar-refractivity contribution in [2.75, 3.05) is 25.7 Å². The first-order valence-electron chi connectivity index (χ1n) is 9.37. The highest BCUT2D eigenvalue weighted by Gasteiger charge is 2.37. The van der Waals surface area contributed by atoms with Crippen LogP contribution in [0.3, 0.4) is 0 Å². The molecule has 2 aliphatic rings. The average molecular weight is 437 g/mol. The second kappa shape index (κ2) is 8.82. The Hall–Kier alpha value is -2.95. The van der Waals surface area contributed by atoms with Crippen molar-refractivity contribution in [3.8, 4) is 5.75 Å². The summed E-state index contributed by atoms with van der Waals surface area (Å²) in [5, 5.41) is 8.00. The summed E-state index contributed by atoms with van der Waals surface area (Å²) in [5.74, 6) is -1.07. The molecule has 1 saturated heterocycles. The summed E-state index contributed by atoms with van der Waals surface area (Å²) in [7, 11) is -0.482. The highest BCUT2D eigenvalue weighted by Crippen LogP contribution is 2.23. The Morgan fingerprint density at radius 1 is 1.27 bits per heavy atom. The fourth-order valence-corrected chi connectivity index (χ4v) is 5.10. The molecular weight excluding hydrogens is 414 g/mol. The van der Waals surface area contributed by atoms with E-state index in [9.17, 15) is 22.8 Å². The van der Waals surface area contributed by atoms with Gasteiger partial charge in [-0.15, -0.1) is 0 Å². The number of hydrogen-bond donors (Lipinski definition) is 1. The van der Waals surface area contributed by atoms with E-state index in [0.29, 0.717) is 17.7 Å². The number of benzene rings is 1. The van der Waals surface area contributed by atoms with Crippen LogP contribution in [0.2, 0.25) is 0 Å². The largest absolute Gasteiger partial charge is 0.496 e. The lowest BCUT2D eigenvalue weighted by atomic mass is 10.1. The van der Waals surface area contributed by atoms with Gasteiger partial charge < -0.3 is 14.8 Å². The molecular formula is C19H23N3O7S. The molecule has 1 fully saturated rings. The molecule has 2 aliphatic heterocycles. The van der Waals surface area contributed by atoms with E-state index in [-0.39, 0.29) is 48.1 Å². The number of methoxy groups -OCH3 is 2. The number of hydrazone groups is 1. The molecule has 0 aromatic heterocycles. The molecule has 0 spiro atoms. The number of carbonyl (C=O) groups excluding carboxylic acids is 3. The Balaban J connectivity index is 1.69. The lowest BCUT2D eigenvalue weighted by molar-refractivity contribution is -0.133. The van der Waals surface area contributed by atoms with Gasteiger partial charge in [0, 0.05) is 19.4 Å². The third-order valence-electron chi connectivity index (χ3n) is 5.00. The molecule has 30 heavy (non-hydrogen) atoms. The van der Waals surface area contributed by atoms with Crippen LogP contribution in [-0.2, 0) is 30.7 Å². The number of hydrogen-bond acceptors (Lipinski definition) is 8. The van der Waals surface area contributed by atoms with Gasteiger partial charge in [-0.05, 0) is 24.1 Å². The average Bonchev–Trinajstić information content (AvgIpc) is 3.10. The van der Waals surface area contributed by atoms with Crippen molar-refractivity contribution in [1.82, 2.24) is 10.3 Å². The number of amides is 2. The molecule has 0 unspecified atom stereocenters. The smallest absolute Gasteiger partial charge is 0.341 e. The predicted molar refractivity (Wildman–Crippen MR) is 107 cm³/mol. The molecule has 162 valence electrons. The van der Waals surface area contributed by atoms with Crippen LogP contribution in [0, 0.1) is 0 Å². The van der Waals surface area contributed by atoms with Crippen LogP contribution in [0.25, 0.3) is 0 Å². The third kappa shape index (κ3) is 4.78. The lowest BCUT2D eigenvalue weighted by Gasteiger charge is -2.27. The standard InChI is InChI=1S/C19H23N3O7S/c1-28-16-5-3-12(9-14(16)19(25)29-2)10-20-18(24)15-4-6-17(23)22(21-15)13-7-8-30(26,27)11-13/h3,5,9,13H,4,6-8,10-11H2,1-2H3,(H,20,24)/t13-/m1/s1. The predicted octanol–water partition coefficient (Wildman–Crippen LogP) is 0.264. The van der Waals surface area contributed by atoms with Gasteiger partial charge in [-0.3, -0.25) is 9.59 Å². The van der Waals surface area contributed by atoms with Crippen molar-refractivity contribution < 1.29 is 32.3 Å². The van der Waals surface area contributed by atoms with Gasteiger partial charge in [0.15, 0.2) is 9.84 Å². The van der Waals surface area contributed by atoms with Gasteiger partial charge in [0.1, 0.15) is 17.0 Å². The van der Waals surface area contributed by atoms with E-state index < -0.39 is 27.8 Å². The zero-order valence-corrected chi connectivity index (χ0v) is 17.5. The second-order valence-electron chi connectivity index (χ2n) is 7.05. The normalized spacial score (nSPS) is 20.5. The Morgan fingerprint density at radius 3 is 2.67 bits per heavy atom. The van der Waals surface area contributed by atoms with Gasteiger partial charge in [-0.25, -0.2) is 18.2 Å². The van der Waals surface area contributed by atoms with Crippen LogP contribution in [0.1, 0.15) is 35.2 Å². The van der Waals surface area contributed by atoms with Gasteiger partial charge >= 0.3 is 5.97 Å². The summed E-state index contributed by atoms with van der Waals surface area (Å²) in [6.45, 7) is 0.123. The topological polar surface area (TPSA) is 131 Å². The van der Waals surface area contributed by atoms with E-state index in [1.54, 1.807) is 18.2 Å². The summed E-state index contributed by atoms with van der Waals surface area (Å²) < 4.78 is 33.3. The molecule has 2 heterocycles. The van der Waals surface area contributed by atoms with E-state index in [1.807, 2.05) is 0 Å². The number of nitrogens with one attached hydrogen (secondary N) is 1. The molecule has 3 rings (SSSR count). The molecule has 1 aromatic carbocycles. The first-order valence-corrected chi connectivity index (χ1v) is 11.2. The van der Waals surface area contributed by atoms with E-state index >= 15 is 0 Å². The summed E-state index contributed by atoms with van der Waals surface area (Å²) in [4.78, 5) is 36.6. The Morgan fingerprint density at radius 2 is 2.03 bits per heavy atom. The maximum atomic E-state index is 12.5. The minimum Gasteiger partial charge on any atom is -0.496 e. The third-order valence-corrected chi connectivity index (χ3v) is 6.75. The van der Waals surface area contributed by atoms with Crippen LogP contribution in [-0.4, -0.2) is 68.7 Å². The second-order valence-corrected chi connectivity index (χ2v) is 9.28. The molecule has 1 N–H and O–H groups in total. The summed E-state index contributed by atoms with van der Waals surface area (Å²) in [6, 6.07) is 4.34. The molecule has 2 amide bonds. The number of nitrogens with zero attached hydrogens (tertiary/aromatic N) is 2. The first-order chi connectivity index (χ1) is 14.2. The maximum absolute atomic E-state index is 12.5. The highest BCUT2D eigenvalue weighted by molar-refractivity contribution is 7.91. The molecule has 0 aliphatic carbocycles. The Kier molecular flexibility index (Phi) is 6.40. The van der Waals surface area contributed by atoms with Crippen molar-refractivity contribution in [1.29, 1.82) is 0 Å². The Labute approximate surface area is 174 Å². The summed E-state index contributed by atoms with van der Waals surface area (Å²) >= 11 is 0. The first kappa shape index (κ1) is 21.8. The SMILES string of the molecule is COC(=O)c1cc(CNC(=O)C2=NN([C@@H]3CCS(=O)(=O)C3)C(=O)CC2)ccc1OC. The fourth-order valence-electron chi connectivity index (χ4n) is 3.41. The molecule has 0 saturated carbocycles. The van der Waals surface area contributed by atoms with Crippen LogP contribution < -0.4 is 10.1 Å². The van der Waals surface area contributed by atoms with Crippen molar-refractivity contribution in [2.24, 2.45) is 5.10 Å². The van der Waals surface area contributed by atoms with Crippen molar-refractivity contribution >= 4 is 33.3 Å². The number of ether oxygens (including phenoxy) is 2. The van der Waals surface area contributed by atoms with E-state index in [1.165, 1.54) is 14.2 Å². The highest BCUT2D eigenvalue weighted by atomic mass is 32.2. The van der Waals surface area contributed by atoms with E-state index in [4.69, 9.17) is 9.47 Å². The van der Waals surface area contributed by atoms with E-state index in [0.717, 1.165) is 5.01 Å². The number of esters is 1. The van der Waals surface area contributed by atoms with Gasteiger partial charge in [-0.2, -0.15) is 5.10 Å². The van der Waals surface area contributed by atoms with E-state index in [2.05, 4.69) is 10.4 Å². The van der Waals surface area contributed by atoms with Crippen molar-refractivity contribution in [3.05, 3.63) is 29.3 Å². The van der Waals surface area contributed by atoms with Crippen LogP contribution in [0.4, 0.5) is 0 Å². The van der Waals surface area contributed by atoms with Crippen LogP contribution in [0.15, 0.2) is 23.3 Å². The quantitative estimate of drug-likeness (QED) is 0.632. The van der Waals surface area contributed by atoms with Gasteiger partial charge in [0.05, 0.1) is 31.8 Å².